The van der Waals surface area contributed by atoms with Crippen molar-refractivity contribution < 1.29 is 14.6 Å². The van der Waals surface area contributed by atoms with Gasteiger partial charge in [-0.05, 0) is 33.1 Å². The first-order valence-corrected chi connectivity index (χ1v) is 8.55. The maximum atomic E-state index is 9.91. The molecule has 2 N–H and O–H groups in total. The maximum Gasteiger partial charge on any atom is 0.0897 e. The molecule has 0 radical (unpaired) electrons. The molecule has 0 amide bonds. The van der Waals surface area contributed by atoms with Crippen LogP contribution >= 0.6 is 0 Å². The summed E-state index contributed by atoms with van der Waals surface area (Å²) in [4.78, 5) is 0. The molecule has 0 aliphatic rings. The van der Waals surface area contributed by atoms with Gasteiger partial charge in [-0.2, -0.15) is 0 Å². The molecule has 0 heterocycles. The quantitative estimate of drug-likeness (QED) is 0.518. The van der Waals surface area contributed by atoms with Crippen molar-refractivity contribution in [3.8, 4) is 0 Å². The van der Waals surface area contributed by atoms with Gasteiger partial charge in [-0.1, -0.05) is 33.1 Å². The van der Waals surface area contributed by atoms with Crippen molar-refractivity contribution in [3.05, 3.63) is 0 Å². The lowest BCUT2D eigenvalue weighted by Crippen LogP contribution is -2.41. The lowest BCUT2D eigenvalue weighted by Gasteiger charge is -2.25. The van der Waals surface area contributed by atoms with Gasteiger partial charge in [-0.25, -0.2) is 0 Å². The Morgan fingerprint density at radius 2 is 1.86 bits per heavy atom. The number of ether oxygens (including phenoxy) is 2. The van der Waals surface area contributed by atoms with Crippen LogP contribution in [-0.2, 0) is 9.47 Å². The summed E-state index contributed by atoms with van der Waals surface area (Å²) in [5.41, 5.74) is -0.192. The van der Waals surface area contributed by atoms with Crippen LogP contribution in [0.15, 0.2) is 0 Å². The minimum atomic E-state index is -0.453. The van der Waals surface area contributed by atoms with Crippen molar-refractivity contribution in [3.63, 3.8) is 0 Å². The van der Waals surface area contributed by atoms with Gasteiger partial charge in [0, 0.05) is 26.3 Å². The Morgan fingerprint density at radius 3 is 2.43 bits per heavy atom. The highest BCUT2D eigenvalue weighted by molar-refractivity contribution is 4.73. The highest BCUT2D eigenvalue weighted by atomic mass is 16.5. The third kappa shape index (κ3) is 12.1. The van der Waals surface area contributed by atoms with Crippen LogP contribution in [-0.4, -0.2) is 49.7 Å². The van der Waals surface area contributed by atoms with Crippen molar-refractivity contribution >= 4 is 0 Å². The first-order valence-electron chi connectivity index (χ1n) is 8.55. The molecule has 0 bridgehead atoms. The van der Waals surface area contributed by atoms with Crippen molar-refractivity contribution in [2.45, 2.75) is 72.0 Å². The molecule has 0 saturated heterocycles. The molecule has 0 aromatic carbocycles. The van der Waals surface area contributed by atoms with Gasteiger partial charge >= 0.3 is 0 Å². The minimum Gasteiger partial charge on any atom is -0.389 e. The van der Waals surface area contributed by atoms with Crippen LogP contribution in [0.2, 0.25) is 0 Å². The van der Waals surface area contributed by atoms with Crippen LogP contribution in [0.5, 0.6) is 0 Å². The smallest absolute Gasteiger partial charge is 0.0897 e. The Bertz CT molecular complexity index is 234. The lowest BCUT2D eigenvalue weighted by atomic mass is 10.0. The molecule has 0 aliphatic carbocycles. The van der Waals surface area contributed by atoms with Gasteiger partial charge < -0.3 is 19.9 Å². The molecule has 128 valence electrons. The number of hydrogen-bond acceptors (Lipinski definition) is 4. The summed E-state index contributed by atoms with van der Waals surface area (Å²) < 4.78 is 11.3. The third-order valence-corrected chi connectivity index (χ3v) is 3.67. The van der Waals surface area contributed by atoms with E-state index in [1.807, 2.05) is 20.8 Å². The fourth-order valence-corrected chi connectivity index (χ4v) is 2.31. The first kappa shape index (κ1) is 20.8. The molecular formula is C17H37NO3. The fourth-order valence-electron chi connectivity index (χ4n) is 2.31. The molecule has 0 saturated carbocycles. The summed E-state index contributed by atoms with van der Waals surface area (Å²) in [6, 6.07) is 0. The van der Waals surface area contributed by atoms with Crippen LogP contribution in [0.4, 0.5) is 0 Å². The Morgan fingerprint density at radius 1 is 1.14 bits per heavy atom. The Balaban J connectivity index is 3.68. The number of rotatable bonds is 14. The van der Waals surface area contributed by atoms with Gasteiger partial charge in [0.2, 0.25) is 0 Å². The van der Waals surface area contributed by atoms with E-state index in [-0.39, 0.29) is 5.60 Å². The normalized spacial score (nSPS) is 15.1. The van der Waals surface area contributed by atoms with E-state index in [1.165, 1.54) is 19.3 Å². The molecule has 21 heavy (non-hydrogen) atoms. The largest absolute Gasteiger partial charge is 0.389 e. The van der Waals surface area contributed by atoms with Crippen LogP contribution in [0.25, 0.3) is 0 Å². The summed E-state index contributed by atoms with van der Waals surface area (Å²) in [5, 5.41) is 13.2. The van der Waals surface area contributed by atoms with Gasteiger partial charge in [0.05, 0.1) is 18.3 Å². The van der Waals surface area contributed by atoms with Crippen LogP contribution in [0.1, 0.15) is 60.3 Å². The summed E-state index contributed by atoms with van der Waals surface area (Å²) in [6.45, 7) is 13.7. The number of hydrogen-bond donors (Lipinski definition) is 2. The Kier molecular flexibility index (Phi) is 12.3. The van der Waals surface area contributed by atoms with Gasteiger partial charge in [-0.3, -0.25) is 0 Å². The number of aliphatic hydroxyl groups excluding tert-OH is 1. The van der Waals surface area contributed by atoms with E-state index >= 15 is 0 Å². The van der Waals surface area contributed by atoms with Crippen molar-refractivity contribution in [2.75, 3.05) is 32.9 Å². The second-order valence-corrected chi connectivity index (χ2v) is 6.43. The standard InChI is InChI=1S/C17H37NO3/c1-6-9-10-15(7-2)12-20-13-16(19)11-18-14-17(4,5)21-8-3/h15-16,18-19H,6-14H2,1-5H3. The zero-order valence-electron chi connectivity index (χ0n) is 14.8. The zero-order valence-corrected chi connectivity index (χ0v) is 14.8. The highest BCUT2D eigenvalue weighted by Crippen LogP contribution is 2.12. The van der Waals surface area contributed by atoms with E-state index in [1.54, 1.807) is 0 Å². The van der Waals surface area contributed by atoms with Gasteiger partial charge in [0.25, 0.3) is 0 Å². The van der Waals surface area contributed by atoms with Crippen LogP contribution in [0, 0.1) is 5.92 Å². The predicted molar refractivity (Wildman–Crippen MR) is 88.7 cm³/mol. The van der Waals surface area contributed by atoms with E-state index in [9.17, 15) is 5.11 Å². The fraction of sp³-hybridized carbons (Fsp3) is 1.00. The molecule has 0 rings (SSSR count). The second kappa shape index (κ2) is 12.4. The van der Waals surface area contributed by atoms with Crippen molar-refractivity contribution in [2.24, 2.45) is 5.92 Å². The minimum absolute atomic E-state index is 0.192. The van der Waals surface area contributed by atoms with Crippen LogP contribution in [0.3, 0.4) is 0 Å². The number of nitrogens with one attached hydrogen (secondary N) is 1. The van der Waals surface area contributed by atoms with Gasteiger partial charge in [0.15, 0.2) is 0 Å². The Labute approximate surface area is 131 Å². The monoisotopic (exact) mass is 303 g/mol. The summed E-state index contributed by atoms with van der Waals surface area (Å²) >= 11 is 0. The average Bonchev–Trinajstić information content (AvgIpc) is 2.42. The molecular weight excluding hydrogens is 266 g/mol. The second-order valence-electron chi connectivity index (χ2n) is 6.43. The molecule has 2 unspecified atom stereocenters. The lowest BCUT2D eigenvalue weighted by molar-refractivity contribution is -0.0149. The van der Waals surface area contributed by atoms with E-state index in [2.05, 4.69) is 19.2 Å². The molecule has 4 nitrogen and oxygen atoms in total. The average molecular weight is 303 g/mol. The number of unbranched alkanes of at least 4 members (excludes halogenated alkanes) is 1. The zero-order chi connectivity index (χ0) is 16.1. The molecule has 0 aromatic rings. The SMILES string of the molecule is CCCCC(CC)COCC(O)CNCC(C)(C)OCC. The molecule has 4 heteroatoms. The Hall–Kier alpha value is -0.160. The summed E-state index contributed by atoms with van der Waals surface area (Å²) in [6.07, 6.45) is 4.42. The third-order valence-electron chi connectivity index (χ3n) is 3.67. The molecule has 0 aromatic heterocycles. The molecule has 0 aliphatic heterocycles. The summed E-state index contributed by atoms with van der Waals surface area (Å²) in [5.74, 6) is 0.627. The molecule has 0 spiro atoms. The van der Waals surface area contributed by atoms with Crippen molar-refractivity contribution in [1.29, 1.82) is 0 Å². The molecule has 2 atom stereocenters. The van der Waals surface area contributed by atoms with Gasteiger partial charge in [-0.15, -0.1) is 0 Å². The van der Waals surface area contributed by atoms with Crippen molar-refractivity contribution in [1.82, 2.24) is 5.32 Å². The van der Waals surface area contributed by atoms with E-state index in [0.29, 0.717) is 25.7 Å². The van der Waals surface area contributed by atoms with E-state index in [4.69, 9.17) is 9.47 Å². The van der Waals surface area contributed by atoms with E-state index < -0.39 is 6.10 Å². The summed E-state index contributed by atoms with van der Waals surface area (Å²) in [7, 11) is 0. The van der Waals surface area contributed by atoms with Gasteiger partial charge in [0.1, 0.15) is 0 Å². The highest BCUT2D eigenvalue weighted by Gasteiger charge is 2.17. The van der Waals surface area contributed by atoms with Crippen LogP contribution < -0.4 is 5.32 Å². The predicted octanol–water partition coefficient (Wildman–Crippen LogP) is 2.99. The first-order chi connectivity index (χ1) is 9.95. The van der Waals surface area contributed by atoms with E-state index in [0.717, 1.165) is 19.6 Å². The topological polar surface area (TPSA) is 50.7 Å². The number of aliphatic hydroxyl groups is 1. The molecule has 0 fully saturated rings. The maximum absolute atomic E-state index is 9.91.